The van der Waals surface area contributed by atoms with E-state index < -0.39 is 9.84 Å². The van der Waals surface area contributed by atoms with Crippen LogP contribution in [-0.2, 0) is 9.84 Å². The maximum absolute atomic E-state index is 11.7. The summed E-state index contributed by atoms with van der Waals surface area (Å²) < 4.78 is 23.5. The summed E-state index contributed by atoms with van der Waals surface area (Å²) in [5.74, 6) is 0. The van der Waals surface area contributed by atoms with Gasteiger partial charge in [-0.2, -0.15) is 0 Å². The van der Waals surface area contributed by atoms with Crippen LogP contribution in [0, 0.1) is 0 Å². The van der Waals surface area contributed by atoms with E-state index in [9.17, 15) is 8.42 Å². The lowest BCUT2D eigenvalue weighted by Gasteiger charge is -2.08. The molecule has 0 spiro atoms. The van der Waals surface area contributed by atoms with E-state index in [1.54, 1.807) is 12.1 Å². The van der Waals surface area contributed by atoms with E-state index in [1.807, 2.05) is 48.5 Å². The fourth-order valence-corrected chi connectivity index (χ4v) is 3.94. The number of fused-ring (bicyclic) bond motifs is 1. The van der Waals surface area contributed by atoms with E-state index in [-0.39, 0.29) is 0 Å². The van der Waals surface area contributed by atoms with Gasteiger partial charge < -0.3 is 0 Å². The molecule has 0 aromatic heterocycles. The molecule has 0 saturated heterocycles. The van der Waals surface area contributed by atoms with E-state index in [1.165, 1.54) is 17.4 Å². The van der Waals surface area contributed by atoms with Crippen LogP contribution in [0.5, 0.6) is 0 Å². The Balaban J connectivity index is 1.97. The number of hydrogen-bond donors (Lipinski definition) is 0. The van der Waals surface area contributed by atoms with Gasteiger partial charge in [-0.15, -0.1) is 0 Å². The Morgan fingerprint density at radius 1 is 0.577 bits per heavy atom. The van der Waals surface area contributed by atoms with Gasteiger partial charge >= 0.3 is 0 Å². The number of hydrogen-bond acceptors (Lipinski definition) is 2. The second-order valence-electron chi connectivity index (χ2n) is 6.38. The fraction of sp³-hybridized carbons (Fsp3) is 0.0435. The maximum atomic E-state index is 11.7. The summed E-state index contributed by atoms with van der Waals surface area (Å²) in [6.45, 7) is 0. The van der Waals surface area contributed by atoms with Gasteiger partial charge in [0.2, 0.25) is 0 Å². The maximum Gasteiger partial charge on any atom is 0.175 e. The molecule has 26 heavy (non-hydrogen) atoms. The van der Waals surface area contributed by atoms with Gasteiger partial charge in [-0.1, -0.05) is 72.8 Å². The van der Waals surface area contributed by atoms with Crippen LogP contribution in [0.4, 0.5) is 0 Å². The Hall–Kier alpha value is -2.91. The van der Waals surface area contributed by atoms with Crippen molar-refractivity contribution in [1.82, 2.24) is 0 Å². The van der Waals surface area contributed by atoms with E-state index >= 15 is 0 Å². The number of sulfone groups is 1. The van der Waals surface area contributed by atoms with Gasteiger partial charge in [0, 0.05) is 6.26 Å². The Morgan fingerprint density at radius 2 is 1.15 bits per heavy atom. The van der Waals surface area contributed by atoms with Crippen molar-refractivity contribution in [3.8, 4) is 33.4 Å². The molecular weight excluding hydrogens is 340 g/mol. The molecule has 0 aliphatic heterocycles. The van der Waals surface area contributed by atoms with Crippen LogP contribution in [0.2, 0.25) is 0 Å². The summed E-state index contributed by atoms with van der Waals surface area (Å²) in [5, 5.41) is 0. The summed E-state index contributed by atoms with van der Waals surface area (Å²) in [5.41, 5.74) is 6.78. The lowest BCUT2D eigenvalue weighted by Crippen LogP contribution is -1.96. The normalized spacial score (nSPS) is 11.6. The highest BCUT2D eigenvalue weighted by Gasteiger charge is 2.18. The molecule has 128 valence electrons. The average molecular weight is 358 g/mol. The molecule has 0 fully saturated rings. The molecule has 0 unspecified atom stereocenters. The van der Waals surface area contributed by atoms with E-state index in [4.69, 9.17) is 0 Å². The molecule has 0 radical (unpaired) electrons. The predicted octanol–water partition coefficient (Wildman–Crippen LogP) is 5.53. The molecule has 2 aliphatic rings. The SMILES string of the molecule is CS(=O)(=O)c1ccc(-c2cc3cccccc-3c2-c2ccccc2)cc1. The monoisotopic (exact) mass is 358 g/mol. The van der Waals surface area contributed by atoms with Gasteiger partial charge in [0.05, 0.1) is 4.90 Å². The molecule has 0 atom stereocenters. The summed E-state index contributed by atoms with van der Waals surface area (Å²) in [4.78, 5) is 0.338. The Labute approximate surface area is 154 Å². The van der Waals surface area contributed by atoms with Crippen LogP contribution in [-0.4, -0.2) is 14.7 Å². The predicted molar refractivity (Wildman–Crippen MR) is 107 cm³/mol. The molecule has 0 saturated carbocycles. The minimum Gasteiger partial charge on any atom is -0.224 e. The highest BCUT2D eigenvalue weighted by molar-refractivity contribution is 7.90. The van der Waals surface area contributed by atoms with Crippen molar-refractivity contribution in [1.29, 1.82) is 0 Å². The van der Waals surface area contributed by atoms with Crippen LogP contribution < -0.4 is 0 Å². The van der Waals surface area contributed by atoms with Crippen LogP contribution in [0.1, 0.15) is 0 Å². The first-order chi connectivity index (χ1) is 12.5. The quantitative estimate of drug-likeness (QED) is 0.482. The molecule has 2 aromatic rings. The number of rotatable bonds is 3. The topological polar surface area (TPSA) is 34.1 Å². The van der Waals surface area contributed by atoms with Crippen LogP contribution in [0.25, 0.3) is 33.4 Å². The molecular formula is C23H18O2S. The third kappa shape index (κ3) is 3.02. The first kappa shape index (κ1) is 16.6. The Bertz CT molecular complexity index is 1130. The summed E-state index contributed by atoms with van der Waals surface area (Å²) in [6.07, 6.45) is 1.23. The molecule has 0 heterocycles. The zero-order valence-corrected chi connectivity index (χ0v) is 15.2. The van der Waals surface area contributed by atoms with Gasteiger partial charge in [0.1, 0.15) is 0 Å². The Morgan fingerprint density at radius 3 is 1.77 bits per heavy atom. The highest BCUT2D eigenvalue weighted by atomic mass is 32.2. The van der Waals surface area contributed by atoms with Crippen molar-refractivity contribution >= 4 is 9.84 Å². The van der Waals surface area contributed by atoms with Crippen molar-refractivity contribution in [3.63, 3.8) is 0 Å². The molecule has 0 bridgehead atoms. The largest absolute Gasteiger partial charge is 0.224 e. The molecule has 0 N–H and O–H groups in total. The summed E-state index contributed by atoms with van der Waals surface area (Å²) >= 11 is 0. The second-order valence-corrected chi connectivity index (χ2v) is 8.39. The van der Waals surface area contributed by atoms with Gasteiger partial charge in [0.15, 0.2) is 9.84 Å². The second kappa shape index (κ2) is 6.43. The lowest BCUT2D eigenvalue weighted by atomic mass is 9.96. The molecule has 0 amide bonds. The average Bonchev–Trinajstić information content (AvgIpc) is 2.84. The highest BCUT2D eigenvalue weighted by Crippen LogP contribution is 2.44. The minimum absolute atomic E-state index is 0.338. The van der Waals surface area contributed by atoms with Gasteiger partial charge in [-0.05, 0) is 51.6 Å². The van der Waals surface area contributed by atoms with Crippen molar-refractivity contribution in [2.45, 2.75) is 4.90 Å². The van der Waals surface area contributed by atoms with Crippen molar-refractivity contribution in [2.75, 3.05) is 6.26 Å². The molecule has 3 heteroatoms. The third-order valence-electron chi connectivity index (χ3n) is 4.57. The van der Waals surface area contributed by atoms with Crippen molar-refractivity contribution in [3.05, 3.63) is 91.0 Å². The van der Waals surface area contributed by atoms with E-state index in [0.717, 1.165) is 22.3 Å². The van der Waals surface area contributed by atoms with Gasteiger partial charge in [-0.3, -0.25) is 0 Å². The standard InChI is InChI=1S/C23H18O2S/c1-26(24,25)20-14-12-17(13-15-20)22-16-19-10-6-3-7-11-21(19)23(22)18-8-4-2-5-9-18/h2-16H,1H3. The summed E-state index contributed by atoms with van der Waals surface area (Å²) in [7, 11) is -3.20. The smallest absolute Gasteiger partial charge is 0.175 e. The van der Waals surface area contributed by atoms with Crippen LogP contribution in [0.15, 0.2) is 95.9 Å². The van der Waals surface area contributed by atoms with Crippen LogP contribution in [0.3, 0.4) is 0 Å². The zero-order chi connectivity index (χ0) is 18.1. The van der Waals surface area contributed by atoms with Gasteiger partial charge in [0.25, 0.3) is 0 Å². The molecule has 4 rings (SSSR count). The van der Waals surface area contributed by atoms with Crippen molar-refractivity contribution < 1.29 is 8.42 Å². The number of benzene rings is 2. The Kier molecular flexibility index (Phi) is 4.09. The van der Waals surface area contributed by atoms with Gasteiger partial charge in [-0.25, -0.2) is 8.42 Å². The minimum atomic E-state index is -3.20. The molecule has 2 nitrogen and oxygen atoms in total. The molecule has 2 aliphatic carbocycles. The van der Waals surface area contributed by atoms with E-state index in [2.05, 4.69) is 30.3 Å². The van der Waals surface area contributed by atoms with Crippen molar-refractivity contribution in [2.24, 2.45) is 0 Å². The first-order valence-electron chi connectivity index (χ1n) is 8.42. The lowest BCUT2D eigenvalue weighted by molar-refractivity contribution is 0.602. The first-order valence-corrected chi connectivity index (χ1v) is 10.3. The fourth-order valence-electron chi connectivity index (χ4n) is 3.31. The van der Waals surface area contributed by atoms with E-state index in [0.29, 0.717) is 4.90 Å². The van der Waals surface area contributed by atoms with Crippen LogP contribution >= 0.6 is 0 Å². The summed E-state index contributed by atoms with van der Waals surface area (Å²) in [6, 6.07) is 29.9. The molecule has 2 aromatic carbocycles. The third-order valence-corrected chi connectivity index (χ3v) is 5.69. The zero-order valence-electron chi connectivity index (χ0n) is 14.4.